The van der Waals surface area contributed by atoms with E-state index in [9.17, 15) is 14.7 Å². The number of carbonyl (C=O) groups excluding carboxylic acids is 2. The van der Waals surface area contributed by atoms with E-state index < -0.39 is 11.5 Å². The molecule has 1 saturated heterocycles. The number of amides is 1. The average molecular weight is 311 g/mol. The van der Waals surface area contributed by atoms with E-state index in [1.54, 1.807) is 13.8 Å². The maximum absolute atomic E-state index is 11.9. The van der Waals surface area contributed by atoms with Crippen LogP contribution in [0.1, 0.15) is 53.1 Å². The van der Waals surface area contributed by atoms with Gasteiger partial charge in [0.25, 0.3) is 5.91 Å². The van der Waals surface area contributed by atoms with E-state index in [0.29, 0.717) is 35.8 Å². The predicted molar refractivity (Wildman–Crippen MR) is 83.9 cm³/mol. The minimum absolute atomic E-state index is 0.102. The lowest BCUT2D eigenvalue weighted by Crippen LogP contribution is -2.46. The number of nitrogens with two attached hydrogens (primary N) is 2. The van der Waals surface area contributed by atoms with Gasteiger partial charge < -0.3 is 21.5 Å². The maximum atomic E-state index is 11.9. The molecule has 0 bridgehead atoms. The Hall–Kier alpha value is -1.60. The number of primary amides is 1. The average Bonchev–Trinajstić information content (AvgIpc) is 2.74. The van der Waals surface area contributed by atoms with E-state index in [4.69, 9.17) is 11.5 Å². The molecule has 1 amide bonds. The van der Waals surface area contributed by atoms with Gasteiger partial charge in [0.15, 0.2) is 5.78 Å². The molecule has 0 aromatic carbocycles. The van der Waals surface area contributed by atoms with E-state index in [2.05, 4.69) is 0 Å². The van der Waals surface area contributed by atoms with Gasteiger partial charge in [-0.1, -0.05) is 6.92 Å². The van der Waals surface area contributed by atoms with Gasteiger partial charge >= 0.3 is 0 Å². The standard InChI is InChI=1S/C14H21N3O3S/c1-3-8(18)11-10(15)9(12(16)19)13(21-11)17-6-4-5-14(2,20)7-17/h20H,3-7,15H2,1-2H3,(H2,16,19). The second-order valence-electron chi connectivity index (χ2n) is 5.69. The minimum Gasteiger partial charge on any atom is -0.397 e. The Kier molecular flexibility index (Phi) is 4.25. The van der Waals surface area contributed by atoms with E-state index in [1.807, 2.05) is 4.90 Å². The molecule has 0 aliphatic carbocycles. The molecule has 5 N–H and O–H groups in total. The molecular weight excluding hydrogens is 290 g/mol. The fourth-order valence-electron chi connectivity index (χ4n) is 2.65. The fraction of sp³-hybridized carbons (Fsp3) is 0.571. The molecule has 1 aliphatic heterocycles. The van der Waals surface area contributed by atoms with Gasteiger partial charge in [0.2, 0.25) is 0 Å². The molecule has 1 aromatic rings. The molecule has 6 nitrogen and oxygen atoms in total. The summed E-state index contributed by atoms with van der Waals surface area (Å²) in [6.07, 6.45) is 1.83. The van der Waals surface area contributed by atoms with Gasteiger partial charge in [-0.2, -0.15) is 0 Å². The highest BCUT2D eigenvalue weighted by atomic mass is 32.1. The Morgan fingerprint density at radius 3 is 2.67 bits per heavy atom. The molecule has 1 aromatic heterocycles. The molecule has 2 rings (SSSR count). The topological polar surface area (TPSA) is 110 Å². The van der Waals surface area contributed by atoms with Crippen molar-refractivity contribution in [2.24, 2.45) is 5.73 Å². The quantitative estimate of drug-likeness (QED) is 0.728. The molecule has 1 fully saturated rings. The number of piperidine rings is 1. The summed E-state index contributed by atoms with van der Waals surface area (Å²) >= 11 is 1.19. The third-order valence-electron chi connectivity index (χ3n) is 3.71. The van der Waals surface area contributed by atoms with Crippen LogP contribution < -0.4 is 16.4 Å². The van der Waals surface area contributed by atoms with Crippen molar-refractivity contribution in [1.29, 1.82) is 0 Å². The van der Waals surface area contributed by atoms with Crippen LogP contribution in [-0.2, 0) is 0 Å². The van der Waals surface area contributed by atoms with Crippen molar-refractivity contribution in [3.63, 3.8) is 0 Å². The zero-order valence-corrected chi connectivity index (χ0v) is 13.1. The van der Waals surface area contributed by atoms with E-state index in [-0.39, 0.29) is 17.0 Å². The molecule has 116 valence electrons. The van der Waals surface area contributed by atoms with Gasteiger partial charge in [-0.15, -0.1) is 11.3 Å². The molecular formula is C14H21N3O3S. The largest absolute Gasteiger partial charge is 0.397 e. The van der Waals surface area contributed by atoms with Crippen molar-refractivity contribution in [3.05, 3.63) is 10.4 Å². The van der Waals surface area contributed by atoms with Crippen molar-refractivity contribution in [3.8, 4) is 0 Å². The second-order valence-corrected chi connectivity index (χ2v) is 6.69. The van der Waals surface area contributed by atoms with Crippen LogP contribution in [-0.4, -0.2) is 35.5 Å². The number of β-amino-alcohol motifs (C(OH)–C–C–N with tert-alkyl or cyclic N) is 1. The Bertz CT molecular complexity index is 580. The minimum atomic E-state index is -0.819. The highest BCUT2D eigenvalue weighted by molar-refractivity contribution is 7.19. The lowest BCUT2D eigenvalue weighted by molar-refractivity contribution is 0.0450. The highest BCUT2D eigenvalue weighted by Gasteiger charge is 2.33. The summed E-state index contributed by atoms with van der Waals surface area (Å²) in [7, 11) is 0. The van der Waals surface area contributed by atoms with Gasteiger partial charge in [-0.25, -0.2) is 0 Å². The van der Waals surface area contributed by atoms with Crippen LogP contribution in [0.3, 0.4) is 0 Å². The number of ketones is 1. The van der Waals surface area contributed by atoms with Crippen LogP contribution in [0.15, 0.2) is 0 Å². The van der Waals surface area contributed by atoms with Crippen LogP contribution in [0.5, 0.6) is 0 Å². The number of aliphatic hydroxyl groups is 1. The number of rotatable bonds is 4. The van der Waals surface area contributed by atoms with Crippen LogP contribution in [0.25, 0.3) is 0 Å². The summed E-state index contributed by atoms with van der Waals surface area (Å²) in [4.78, 5) is 25.9. The van der Waals surface area contributed by atoms with Crippen molar-refractivity contribution in [2.45, 2.75) is 38.7 Å². The summed E-state index contributed by atoms with van der Waals surface area (Å²) in [5.41, 5.74) is 10.9. The number of Topliss-reactive ketones (excluding diaryl/α,β-unsaturated/α-hetero) is 1. The van der Waals surface area contributed by atoms with Gasteiger partial charge in [0, 0.05) is 19.5 Å². The smallest absolute Gasteiger partial charge is 0.253 e. The first-order valence-corrected chi connectivity index (χ1v) is 7.81. The van der Waals surface area contributed by atoms with Gasteiger partial charge in [-0.3, -0.25) is 9.59 Å². The lowest BCUT2D eigenvalue weighted by atomic mass is 9.95. The van der Waals surface area contributed by atoms with Crippen LogP contribution in [0.4, 0.5) is 10.7 Å². The number of anilines is 2. The van der Waals surface area contributed by atoms with Crippen molar-refractivity contribution in [1.82, 2.24) is 0 Å². The third kappa shape index (κ3) is 3.03. The third-order valence-corrected chi connectivity index (χ3v) is 5.02. The monoisotopic (exact) mass is 311 g/mol. The van der Waals surface area contributed by atoms with Crippen molar-refractivity contribution in [2.75, 3.05) is 23.7 Å². The number of carbonyl (C=O) groups is 2. The lowest BCUT2D eigenvalue weighted by Gasteiger charge is -2.37. The van der Waals surface area contributed by atoms with E-state index in [0.717, 1.165) is 6.42 Å². The first kappa shape index (κ1) is 15.8. The molecule has 0 saturated carbocycles. The number of hydrogen-bond donors (Lipinski definition) is 3. The molecule has 2 heterocycles. The Balaban J connectivity index is 2.47. The van der Waals surface area contributed by atoms with E-state index in [1.165, 1.54) is 11.3 Å². The zero-order chi connectivity index (χ0) is 15.8. The number of nitrogens with zero attached hydrogens (tertiary/aromatic N) is 1. The molecule has 1 atom stereocenters. The maximum Gasteiger partial charge on any atom is 0.253 e. The molecule has 1 aliphatic rings. The Morgan fingerprint density at radius 1 is 1.48 bits per heavy atom. The molecule has 7 heteroatoms. The van der Waals surface area contributed by atoms with Gasteiger partial charge in [-0.05, 0) is 19.8 Å². The Labute approximate surface area is 127 Å². The highest BCUT2D eigenvalue weighted by Crippen LogP contribution is 2.40. The zero-order valence-electron chi connectivity index (χ0n) is 12.3. The molecule has 1 unspecified atom stereocenters. The van der Waals surface area contributed by atoms with Crippen molar-refractivity contribution < 1.29 is 14.7 Å². The van der Waals surface area contributed by atoms with Crippen LogP contribution in [0.2, 0.25) is 0 Å². The summed E-state index contributed by atoms with van der Waals surface area (Å²) in [6.45, 7) is 4.61. The SMILES string of the molecule is CCC(=O)c1sc(N2CCCC(C)(O)C2)c(C(N)=O)c1N. The first-order valence-electron chi connectivity index (χ1n) is 6.99. The van der Waals surface area contributed by atoms with Crippen LogP contribution in [0, 0.1) is 0 Å². The van der Waals surface area contributed by atoms with Crippen molar-refractivity contribution >= 4 is 33.7 Å². The predicted octanol–water partition coefficient (Wildman–Crippen LogP) is 1.37. The first-order chi connectivity index (χ1) is 9.76. The Morgan fingerprint density at radius 2 is 2.14 bits per heavy atom. The van der Waals surface area contributed by atoms with Gasteiger partial charge in [0.05, 0.1) is 21.7 Å². The summed E-state index contributed by atoms with van der Waals surface area (Å²) in [6, 6.07) is 0. The number of thiophene rings is 1. The fourth-order valence-corrected chi connectivity index (χ4v) is 3.91. The summed E-state index contributed by atoms with van der Waals surface area (Å²) in [5.74, 6) is -0.742. The molecule has 21 heavy (non-hydrogen) atoms. The summed E-state index contributed by atoms with van der Waals surface area (Å²) in [5, 5.41) is 10.8. The van der Waals surface area contributed by atoms with E-state index >= 15 is 0 Å². The second kappa shape index (κ2) is 5.65. The number of nitrogen functional groups attached to an aromatic ring is 1. The van der Waals surface area contributed by atoms with Crippen LogP contribution >= 0.6 is 11.3 Å². The molecule has 0 radical (unpaired) electrons. The number of hydrogen-bond acceptors (Lipinski definition) is 6. The summed E-state index contributed by atoms with van der Waals surface area (Å²) < 4.78 is 0. The van der Waals surface area contributed by atoms with Gasteiger partial charge in [0.1, 0.15) is 5.00 Å². The normalized spacial score (nSPS) is 22.3. The molecule has 0 spiro atoms.